The Morgan fingerprint density at radius 1 is 1.29 bits per heavy atom. The van der Waals surface area contributed by atoms with Crippen LogP contribution in [-0.4, -0.2) is 6.79 Å². The third kappa shape index (κ3) is 2.15. The zero-order valence-electron chi connectivity index (χ0n) is 6.89. The molecule has 1 aromatic rings. The standard InChI is InChI=1S/C9H5Br3O2/c10-6-1-5(2-8(11)12)9-7(3-6)13-4-14-9/h1-3H,4H2. The maximum absolute atomic E-state index is 5.36. The fourth-order valence-corrected chi connectivity index (χ4v) is 2.17. The average molecular weight is 385 g/mol. The predicted molar refractivity (Wildman–Crippen MR) is 66.1 cm³/mol. The molecule has 0 saturated carbocycles. The number of rotatable bonds is 1. The molecule has 0 saturated heterocycles. The van der Waals surface area contributed by atoms with Crippen molar-refractivity contribution in [3.63, 3.8) is 0 Å². The maximum atomic E-state index is 5.36. The summed E-state index contributed by atoms with van der Waals surface area (Å²) in [6.07, 6.45) is 1.91. The van der Waals surface area contributed by atoms with Crippen molar-refractivity contribution < 1.29 is 9.47 Å². The van der Waals surface area contributed by atoms with E-state index in [4.69, 9.17) is 9.47 Å². The van der Waals surface area contributed by atoms with Gasteiger partial charge in [-0.1, -0.05) is 15.9 Å². The zero-order valence-corrected chi connectivity index (χ0v) is 11.6. The molecular weight excluding hydrogens is 380 g/mol. The van der Waals surface area contributed by atoms with E-state index in [2.05, 4.69) is 47.8 Å². The van der Waals surface area contributed by atoms with Gasteiger partial charge in [-0.05, 0) is 50.1 Å². The molecule has 0 fully saturated rings. The molecule has 2 nitrogen and oxygen atoms in total. The predicted octanol–water partition coefficient (Wildman–Crippen LogP) is 4.27. The van der Waals surface area contributed by atoms with E-state index in [1.165, 1.54) is 0 Å². The van der Waals surface area contributed by atoms with E-state index >= 15 is 0 Å². The fraction of sp³-hybridized carbons (Fsp3) is 0.111. The van der Waals surface area contributed by atoms with E-state index in [1.807, 2.05) is 18.2 Å². The molecule has 1 aliphatic heterocycles. The van der Waals surface area contributed by atoms with Gasteiger partial charge in [0.05, 0.1) is 3.39 Å². The molecule has 1 aromatic carbocycles. The van der Waals surface area contributed by atoms with Gasteiger partial charge in [0, 0.05) is 10.0 Å². The molecule has 0 aromatic heterocycles. The van der Waals surface area contributed by atoms with Gasteiger partial charge in [0.15, 0.2) is 11.5 Å². The molecule has 1 heterocycles. The summed E-state index contributed by atoms with van der Waals surface area (Å²) in [4.78, 5) is 0. The van der Waals surface area contributed by atoms with Crippen molar-refractivity contribution in [1.82, 2.24) is 0 Å². The quantitative estimate of drug-likeness (QED) is 0.720. The van der Waals surface area contributed by atoms with Crippen molar-refractivity contribution in [3.05, 3.63) is 25.6 Å². The highest BCUT2D eigenvalue weighted by Gasteiger charge is 2.17. The van der Waals surface area contributed by atoms with E-state index in [-0.39, 0.29) is 6.79 Å². The number of hydrogen-bond acceptors (Lipinski definition) is 2. The van der Waals surface area contributed by atoms with Crippen molar-refractivity contribution in [3.8, 4) is 11.5 Å². The Hall–Kier alpha value is -0.000000000000000111. The van der Waals surface area contributed by atoms with Crippen molar-refractivity contribution >= 4 is 53.9 Å². The van der Waals surface area contributed by atoms with Crippen molar-refractivity contribution in [2.24, 2.45) is 0 Å². The molecule has 0 bridgehead atoms. The van der Waals surface area contributed by atoms with Crippen LogP contribution in [0, 0.1) is 0 Å². The minimum Gasteiger partial charge on any atom is -0.454 e. The monoisotopic (exact) mass is 382 g/mol. The second-order valence-corrected chi connectivity index (χ2v) is 6.35. The largest absolute Gasteiger partial charge is 0.454 e. The van der Waals surface area contributed by atoms with Crippen LogP contribution in [0.4, 0.5) is 0 Å². The average Bonchev–Trinajstić information content (AvgIpc) is 2.50. The first-order valence-electron chi connectivity index (χ1n) is 3.78. The smallest absolute Gasteiger partial charge is 0.231 e. The molecule has 74 valence electrons. The summed E-state index contributed by atoms with van der Waals surface area (Å²) in [6.45, 7) is 0.284. The molecule has 2 rings (SSSR count). The van der Waals surface area contributed by atoms with E-state index in [1.54, 1.807) is 0 Å². The maximum Gasteiger partial charge on any atom is 0.231 e. The van der Waals surface area contributed by atoms with Gasteiger partial charge in [-0.25, -0.2) is 0 Å². The van der Waals surface area contributed by atoms with Crippen molar-refractivity contribution in [2.45, 2.75) is 0 Å². The number of hydrogen-bond donors (Lipinski definition) is 0. The molecule has 0 radical (unpaired) electrons. The third-order valence-electron chi connectivity index (χ3n) is 1.73. The van der Waals surface area contributed by atoms with Crippen LogP contribution in [0.5, 0.6) is 11.5 Å². The normalized spacial score (nSPS) is 12.8. The Labute approximate surface area is 107 Å². The first-order chi connectivity index (χ1) is 6.66. The molecule has 0 amide bonds. The number of halogens is 3. The van der Waals surface area contributed by atoms with Crippen LogP contribution >= 0.6 is 47.8 Å². The Morgan fingerprint density at radius 2 is 2.07 bits per heavy atom. The summed E-state index contributed by atoms with van der Waals surface area (Å²) in [5.74, 6) is 1.55. The minimum atomic E-state index is 0.284. The number of benzene rings is 1. The Morgan fingerprint density at radius 3 is 2.79 bits per heavy atom. The summed E-state index contributed by atoms with van der Waals surface area (Å²) in [5, 5.41) is 0. The summed E-state index contributed by atoms with van der Waals surface area (Å²) >= 11 is 10.0. The van der Waals surface area contributed by atoms with Gasteiger partial charge in [-0.15, -0.1) is 0 Å². The first-order valence-corrected chi connectivity index (χ1v) is 6.16. The topological polar surface area (TPSA) is 18.5 Å². The third-order valence-corrected chi connectivity index (χ3v) is 2.65. The van der Waals surface area contributed by atoms with Gasteiger partial charge >= 0.3 is 0 Å². The minimum absolute atomic E-state index is 0.284. The van der Waals surface area contributed by atoms with E-state index in [0.717, 1.165) is 24.9 Å². The van der Waals surface area contributed by atoms with E-state index in [0.29, 0.717) is 0 Å². The van der Waals surface area contributed by atoms with Crippen LogP contribution in [0.25, 0.3) is 6.08 Å². The summed E-state index contributed by atoms with van der Waals surface area (Å²) < 4.78 is 12.5. The Bertz CT molecular complexity index is 397. The van der Waals surface area contributed by atoms with Gasteiger partial charge in [-0.3, -0.25) is 0 Å². The molecule has 5 heteroatoms. The second kappa shape index (κ2) is 4.24. The van der Waals surface area contributed by atoms with Crippen molar-refractivity contribution in [2.75, 3.05) is 6.79 Å². The molecular formula is C9H5Br3O2. The van der Waals surface area contributed by atoms with Crippen LogP contribution in [-0.2, 0) is 0 Å². The van der Waals surface area contributed by atoms with Crippen molar-refractivity contribution in [1.29, 1.82) is 0 Å². The van der Waals surface area contributed by atoms with Crippen LogP contribution in [0.15, 0.2) is 20.0 Å². The van der Waals surface area contributed by atoms with Crippen LogP contribution in [0.3, 0.4) is 0 Å². The second-order valence-electron chi connectivity index (χ2n) is 2.66. The first kappa shape index (κ1) is 10.5. The lowest BCUT2D eigenvalue weighted by Crippen LogP contribution is -1.93. The lowest BCUT2D eigenvalue weighted by Gasteiger charge is -2.02. The molecule has 0 unspecified atom stereocenters. The van der Waals surface area contributed by atoms with Crippen LogP contribution in [0.1, 0.15) is 5.56 Å². The van der Waals surface area contributed by atoms with Gasteiger partial charge in [0.2, 0.25) is 6.79 Å². The van der Waals surface area contributed by atoms with Gasteiger partial charge in [0.25, 0.3) is 0 Å². The zero-order chi connectivity index (χ0) is 10.1. The lowest BCUT2D eigenvalue weighted by atomic mass is 10.2. The number of ether oxygens (including phenoxy) is 2. The fourth-order valence-electron chi connectivity index (χ4n) is 1.23. The lowest BCUT2D eigenvalue weighted by molar-refractivity contribution is 0.173. The molecule has 0 atom stereocenters. The molecule has 0 N–H and O–H groups in total. The van der Waals surface area contributed by atoms with Crippen LogP contribution < -0.4 is 9.47 Å². The van der Waals surface area contributed by atoms with Gasteiger partial charge < -0.3 is 9.47 Å². The summed E-state index contributed by atoms with van der Waals surface area (Å²) in [7, 11) is 0. The molecule has 0 aliphatic carbocycles. The SMILES string of the molecule is BrC(Br)=Cc1cc(Br)cc2c1OCO2. The van der Waals surface area contributed by atoms with Crippen LogP contribution in [0.2, 0.25) is 0 Å². The summed E-state index contributed by atoms with van der Waals surface area (Å²) in [5.41, 5.74) is 0.968. The van der Waals surface area contributed by atoms with Gasteiger partial charge in [-0.2, -0.15) is 0 Å². The van der Waals surface area contributed by atoms with E-state index < -0.39 is 0 Å². The Balaban J connectivity index is 2.54. The van der Waals surface area contributed by atoms with Gasteiger partial charge in [0.1, 0.15) is 0 Å². The molecule has 14 heavy (non-hydrogen) atoms. The highest BCUT2D eigenvalue weighted by molar-refractivity contribution is 9.28. The molecule has 1 aliphatic rings. The van der Waals surface area contributed by atoms with E-state index in [9.17, 15) is 0 Å². The Kier molecular flexibility index (Phi) is 3.19. The summed E-state index contributed by atoms with van der Waals surface area (Å²) in [6, 6.07) is 3.86. The number of fused-ring (bicyclic) bond motifs is 1. The molecule has 0 spiro atoms. The highest BCUT2D eigenvalue weighted by Crippen LogP contribution is 2.40. The highest BCUT2D eigenvalue weighted by atomic mass is 79.9.